The molecule has 2 saturated carbocycles. The number of hydrogen-bond donors (Lipinski definition) is 1. The molecule has 0 aromatic heterocycles. The minimum absolute atomic E-state index is 0.661. The molecule has 1 unspecified atom stereocenters. The van der Waals surface area contributed by atoms with Gasteiger partial charge in [-0.15, -0.1) is 0 Å². The number of nitrogens with two attached hydrogens (primary N) is 1. The van der Waals surface area contributed by atoms with Crippen LogP contribution >= 0.6 is 0 Å². The molecule has 0 amide bonds. The van der Waals surface area contributed by atoms with Gasteiger partial charge in [0.1, 0.15) is 0 Å². The fourth-order valence-corrected chi connectivity index (χ4v) is 3.86. The van der Waals surface area contributed by atoms with Crippen molar-refractivity contribution < 1.29 is 0 Å². The molecule has 0 aromatic rings. The lowest BCUT2D eigenvalue weighted by atomic mass is 9.88. The molecule has 18 heavy (non-hydrogen) atoms. The van der Waals surface area contributed by atoms with E-state index in [1.165, 1.54) is 70.8 Å². The Hall–Kier alpha value is -0.0800. The molecule has 0 bridgehead atoms. The zero-order chi connectivity index (χ0) is 12.8. The monoisotopic (exact) mass is 252 g/mol. The Balaban J connectivity index is 1.95. The van der Waals surface area contributed by atoms with Crippen LogP contribution < -0.4 is 5.73 Å². The summed E-state index contributed by atoms with van der Waals surface area (Å²) in [6.07, 6.45) is 14.5. The highest BCUT2D eigenvalue weighted by Crippen LogP contribution is 2.30. The van der Waals surface area contributed by atoms with Crippen LogP contribution in [0.15, 0.2) is 0 Å². The van der Waals surface area contributed by atoms with E-state index in [1.807, 2.05) is 0 Å². The predicted octanol–water partition coefficient (Wildman–Crippen LogP) is 3.55. The van der Waals surface area contributed by atoms with Crippen LogP contribution in [0.3, 0.4) is 0 Å². The number of hydrogen-bond acceptors (Lipinski definition) is 2. The second-order valence-corrected chi connectivity index (χ2v) is 6.62. The van der Waals surface area contributed by atoms with Gasteiger partial charge in [0, 0.05) is 18.6 Å². The van der Waals surface area contributed by atoms with Crippen LogP contribution in [0.25, 0.3) is 0 Å². The van der Waals surface area contributed by atoms with Gasteiger partial charge >= 0.3 is 0 Å². The van der Waals surface area contributed by atoms with Gasteiger partial charge in [-0.1, -0.05) is 45.4 Å². The highest BCUT2D eigenvalue weighted by molar-refractivity contribution is 4.84. The zero-order valence-electron chi connectivity index (χ0n) is 12.2. The van der Waals surface area contributed by atoms with E-state index in [0.717, 1.165) is 18.6 Å². The Morgan fingerprint density at radius 3 is 1.72 bits per heavy atom. The minimum Gasteiger partial charge on any atom is -0.330 e. The van der Waals surface area contributed by atoms with E-state index in [9.17, 15) is 0 Å². The molecule has 2 heteroatoms. The molecule has 2 N–H and O–H groups in total. The fraction of sp³-hybridized carbons (Fsp3) is 1.00. The third-order valence-electron chi connectivity index (χ3n) is 5.01. The Kier molecular flexibility index (Phi) is 5.97. The first-order valence-electron chi connectivity index (χ1n) is 8.27. The predicted molar refractivity (Wildman–Crippen MR) is 78.7 cm³/mol. The van der Waals surface area contributed by atoms with Crippen molar-refractivity contribution in [1.29, 1.82) is 0 Å². The Morgan fingerprint density at radius 1 is 0.889 bits per heavy atom. The molecule has 0 saturated heterocycles. The van der Waals surface area contributed by atoms with Gasteiger partial charge in [0.15, 0.2) is 0 Å². The summed E-state index contributed by atoms with van der Waals surface area (Å²) >= 11 is 0. The molecule has 0 aliphatic heterocycles. The van der Waals surface area contributed by atoms with E-state index in [4.69, 9.17) is 5.73 Å². The van der Waals surface area contributed by atoms with E-state index < -0.39 is 0 Å². The molecule has 1 atom stereocenters. The molecule has 0 aromatic carbocycles. The van der Waals surface area contributed by atoms with Crippen molar-refractivity contribution in [1.82, 2.24) is 4.90 Å². The highest BCUT2D eigenvalue weighted by Gasteiger charge is 2.29. The maximum Gasteiger partial charge on any atom is 0.00983 e. The van der Waals surface area contributed by atoms with Crippen molar-refractivity contribution in [2.45, 2.75) is 83.2 Å². The van der Waals surface area contributed by atoms with Gasteiger partial charge in [-0.25, -0.2) is 0 Å². The van der Waals surface area contributed by atoms with E-state index in [1.54, 1.807) is 0 Å². The summed E-state index contributed by atoms with van der Waals surface area (Å²) < 4.78 is 0. The Labute approximate surface area is 113 Å². The molecular weight excluding hydrogens is 220 g/mol. The van der Waals surface area contributed by atoms with Crippen molar-refractivity contribution in [3.8, 4) is 0 Å². The van der Waals surface area contributed by atoms with Gasteiger partial charge < -0.3 is 5.73 Å². The van der Waals surface area contributed by atoms with Gasteiger partial charge in [-0.05, 0) is 38.1 Å². The average Bonchev–Trinajstić information content (AvgIpc) is 2.46. The van der Waals surface area contributed by atoms with Crippen molar-refractivity contribution in [3.63, 3.8) is 0 Å². The molecule has 0 heterocycles. The average molecular weight is 252 g/mol. The quantitative estimate of drug-likeness (QED) is 0.811. The molecule has 2 aliphatic rings. The van der Waals surface area contributed by atoms with E-state index in [0.29, 0.717) is 5.92 Å². The summed E-state index contributed by atoms with van der Waals surface area (Å²) in [5.41, 5.74) is 5.85. The SMILES string of the molecule is CC(CN)CN(C1CCCCC1)C1CCCCC1. The second kappa shape index (κ2) is 7.49. The van der Waals surface area contributed by atoms with E-state index in [-0.39, 0.29) is 0 Å². The van der Waals surface area contributed by atoms with Crippen LogP contribution in [-0.4, -0.2) is 30.1 Å². The molecule has 2 rings (SSSR count). The second-order valence-electron chi connectivity index (χ2n) is 6.62. The van der Waals surface area contributed by atoms with Crippen molar-refractivity contribution in [2.24, 2.45) is 11.7 Å². The number of nitrogens with zero attached hydrogens (tertiary/aromatic N) is 1. The smallest absolute Gasteiger partial charge is 0.00983 e. The van der Waals surface area contributed by atoms with Crippen molar-refractivity contribution in [3.05, 3.63) is 0 Å². The van der Waals surface area contributed by atoms with E-state index in [2.05, 4.69) is 11.8 Å². The summed E-state index contributed by atoms with van der Waals surface area (Å²) in [6.45, 7) is 4.40. The lowest BCUT2D eigenvalue weighted by Gasteiger charge is -2.43. The first-order valence-corrected chi connectivity index (χ1v) is 8.27. The molecule has 2 fully saturated rings. The van der Waals surface area contributed by atoms with Crippen LogP contribution in [-0.2, 0) is 0 Å². The first-order chi connectivity index (χ1) is 8.81. The van der Waals surface area contributed by atoms with Crippen LogP contribution in [0.2, 0.25) is 0 Å². The lowest BCUT2D eigenvalue weighted by Crippen LogP contribution is -2.47. The van der Waals surface area contributed by atoms with Crippen molar-refractivity contribution >= 4 is 0 Å². The maximum atomic E-state index is 5.85. The van der Waals surface area contributed by atoms with Gasteiger partial charge in [0.05, 0.1) is 0 Å². The van der Waals surface area contributed by atoms with Gasteiger partial charge in [0.2, 0.25) is 0 Å². The minimum atomic E-state index is 0.661. The summed E-state index contributed by atoms with van der Waals surface area (Å²) in [7, 11) is 0. The van der Waals surface area contributed by atoms with Crippen LogP contribution in [0.4, 0.5) is 0 Å². The maximum absolute atomic E-state index is 5.85. The topological polar surface area (TPSA) is 29.3 Å². The third-order valence-corrected chi connectivity index (χ3v) is 5.01. The Morgan fingerprint density at radius 2 is 1.33 bits per heavy atom. The Bertz CT molecular complexity index is 199. The van der Waals surface area contributed by atoms with Crippen LogP contribution in [0.5, 0.6) is 0 Å². The lowest BCUT2D eigenvalue weighted by molar-refractivity contribution is 0.0677. The number of rotatable bonds is 5. The highest BCUT2D eigenvalue weighted by atomic mass is 15.2. The van der Waals surface area contributed by atoms with Gasteiger partial charge in [-0.3, -0.25) is 4.90 Å². The fourth-order valence-electron chi connectivity index (χ4n) is 3.86. The summed E-state index contributed by atoms with van der Waals surface area (Å²) in [5.74, 6) is 0.661. The molecule has 0 spiro atoms. The summed E-state index contributed by atoms with van der Waals surface area (Å²) in [6, 6.07) is 1.74. The van der Waals surface area contributed by atoms with Crippen LogP contribution in [0, 0.1) is 5.92 Å². The van der Waals surface area contributed by atoms with Gasteiger partial charge in [0.25, 0.3) is 0 Å². The third kappa shape index (κ3) is 3.96. The molecule has 106 valence electrons. The standard InChI is InChI=1S/C16H32N2/c1-14(12-17)13-18(15-8-4-2-5-9-15)16-10-6-3-7-11-16/h14-16H,2-13,17H2,1H3. The molecule has 0 radical (unpaired) electrons. The largest absolute Gasteiger partial charge is 0.330 e. The molecule has 2 nitrogen and oxygen atoms in total. The normalized spacial score (nSPS) is 25.5. The van der Waals surface area contributed by atoms with E-state index >= 15 is 0 Å². The molecular formula is C16H32N2. The molecule has 2 aliphatic carbocycles. The van der Waals surface area contributed by atoms with Crippen LogP contribution in [0.1, 0.15) is 71.1 Å². The summed E-state index contributed by atoms with van der Waals surface area (Å²) in [4.78, 5) is 2.87. The van der Waals surface area contributed by atoms with Gasteiger partial charge in [-0.2, -0.15) is 0 Å². The summed E-state index contributed by atoms with van der Waals surface area (Å²) in [5, 5.41) is 0. The van der Waals surface area contributed by atoms with Crippen molar-refractivity contribution in [2.75, 3.05) is 13.1 Å². The zero-order valence-corrected chi connectivity index (χ0v) is 12.2. The first kappa shape index (κ1) is 14.3.